The number of anilines is 1. The van der Waals surface area contributed by atoms with Crippen LogP contribution in [0.3, 0.4) is 0 Å². The molecule has 0 spiro atoms. The zero-order chi connectivity index (χ0) is 22.2. The maximum Gasteiger partial charge on any atom is 0.228 e. The molecule has 3 rings (SSSR count). The number of carbonyl (C=O) groups excluding carboxylic acids is 1. The number of hydrogen-bond acceptors (Lipinski definition) is 2. The topological polar surface area (TPSA) is 38.3 Å². The zero-order valence-corrected chi connectivity index (χ0v) is 19.6. The number of halogens is 1. The summed E-state index contributed by atoms with van der Waals surface area (Å²) in [7, 11) is 0. The monoisotopic (exact) mass is 477 g/mol. The van der Waals surface area contributed by atoms with Crippen molar-refractivity contribution in [3.05, 3.63) is 106 Å². The molecule has 0 radical (unpaired) electrons. The van der Waals surface area contributed by atoms with E-state index >= 15 is 0 Å². The van der Waals surface area contributed by atoms with Gasteiger partial charge in [-0.05, 0) is 36.6 Å². The van der Waals surface area contributed by atoms with Crippen LogP contribution in [-0.2, 0) is 11.2 Å². The fraction of sp³-hybridized carbons (Fsp3) is 0.222. The Morgan fingerprint density at radius 3 is 2.48 bits per heavy atom. The first-order valence-electron chi connectivity index (χ1n) is 10.5. The molecule has 3 aromatic rings. The number of amides is 1. The lowest BCUT2D eigenvalue weighted by Crippen LogP contribution is -2.16. The third-order valence-corrected chi connectivity index (χ3v) is 5.48. The van der Waals surface area contributed by atoms with E-state index in [4.69, 9.17) is 4.74 Å². The minimum Gasteiger partial charge on any atom is -0.491 e. The van der Waals surface area contributed by atoms with Gasteiger partial charge in [-0.15, -0.1) is 6.58 Å². The molecule has 1 N–H and O–H groups in total. The molecule has 0 bridgehead atoms. The predicted molar refractivity (Wildman–Crippen MR) is 132 cm³/mol. The number of ether oxygens (including phenoxy) is 1. The van der Waals surface area contributed by atoms with Crippen LogP contribution < -0.4 is 10.1 Å². The number of aryl methyl sites for hydroxylation is 1. The van der Waals surface area contributed by atoms with Crippen molar-refractivity contribution in [3.8, 4) is 5.75 Å². The lowest BCUT2D eigenvalue weighted by atomic mass is 9.90. The fourth-order valence-electron chi connectivity index (χ4n) is 3.49. The van der Waals surface area contributed by atoms with Gasteiger partial charge in [-0.3, -0.25) is 4.79 Å². The SMILES string of the molecule is C=CC(c1ccccc1)c1cc(Br)cc(NC(=O)Cc2ccc(C)cc2)c1OCCC. The summed E-state index contributed by atoms with van der Waals surface area (Å²) in [6.07, 6.45) is 3.09. The Kier molecular flexibility index (Phi) is 8.07. The lowest BCUT2D eigenvalue weighted by Gasteiger charge is -2.22. The van der Waals surface area contributed by atoms with Crippen LogP contribution in [0.2, 0.25) is 0 Å². The Morgan fingerprint density at radius 2 is 1.84 bits per heavy atom. The van der Waals surface area contributed by atoms with Crippen molar-refractivity contribution < 1.29 is 9.53 Å². The Hall–Kier alpha value is -2.85. The number of nitrogens with one attached hydrogen (secondary N) is 1. The number of allylic oxidation sites excluding steroid dienone is 1. The van der Waals surface area contributed by atoms with Crippen LogP contribution in [0.25, 0.3) is 0 Å². The van der Waals surface area contributed by atoms with Gasteiger partial charge in [0.25, 0.3) is 0 Å². The van der Waals surface area contributed by atoms with Crippen molar-refractivity contribution in [1.82, 2.24) is 0 Å². The van der Waals surface area contributed by atoms with E-state index in [-0.39, 0.29) is 11.8 Å². The molecule has 0 aliphatic heterocycles. The van der Waals surface area contributed by atoms with Crippen molar-refractivity contribution in [2.24, 2.45) is 0 Å². The average molecular weight is 478 g/mol. The molecule has 0 fully saturated rings. The molecule has 3 aromatic carbocycles. The predicted octanol–water partition coefficient (Wildman–Crippen LogP) is 7.05. The minimum absolute atomic E-state index is 0.0571. The second-order valence-electron chi connectivity index (χ2n) is 7.55. The van der Waals surface area contributed by atoms with E-state index in [9.17, 15) is 4.79 Å². The van der Waals surface area contributed by atoms with Gasteiger partial charge in [0.15, 0.2) is 0 Å². The van der Waals surface area contributed by atoms with Gasteiger partial charge in [0.1, 0.15) is 5.75 Å². The Labute approximate surface area is 193 Å². The van der Waals surface area contributed by atoms with E-state index in [1.165, 1.54) is 5.56 Å². The normalized spacial score (nSPS) is 11.6. The van der Waals surface area contributed by atoms with Crippen molar-refractivity contribution in [3.63, 3.8) is 0 Å². The molecule has 1 unspecified atom stereocenters. The Morgan fingerprint density at radius 1 is 1.13 bits per heavy atom. The van der Waals surface area contributed by atoms with Crippen LogP contribution in [0.4, 0.5) is 5.69 Å². The number of carbonyl (C=O) groups is 1. The highest BCUT2D eigenvalue weighted by Gasteiger charge is 2.21. The van der Waals surface area contributed by atoms with Gasteiger partial charge >= 0.3 is 0 Å². The summed E-state index contributed by atoms with van der Waals surface area (Å²) in [5.41, 5.74) is 4.90. The molecule has 1 amide bonds. The quantitative estimate of drug-likeness (QED) is 0.335. The Bertz CT molecular complexity index is 1030. The molecule has 0 aliphatic rings. The van der Waals surface area contributed by atoms with Gasteiger partial charge in [-0.2, -0.15) is 0 Å². The molecule has 0 aliphatic carbocycles. The van der Waals surface area contributed by atoms with Crippen LogP contribution in [-0.4, -0.2) is 12.5 Å². The third kappa shape index (κ3) is 6.08. The molecule has 0 saturated heterocycles. The molecule has 0 saturated carbocycles. The van der Waals surface area contributed by atoms with Crippen LogP contribution in [0.5, 0.6) is 5.75 Å². The first-order chi connectivity index (χ1) is 15.0. The summed E-state index contributed by atoms with van der Waals surface area (Å²) in [6.45, 7) is 8.72. The second-order valence-corrected chi connectivity index (χ2v) is 8.47. The van der Waals surface area contributed by atoms with Crippen molar-refractivity contribution >= 4 is 27.5 Å². The first kappa shape index (κ1) is 22.8. The molecule has 0 heterocycles. The van der Waals surface area contributed by atoms with Gasteiger partial charge in [-0.1, -0.05) is 89.1 Å². The van der Waals surface area contributed by atoms with Crippen molar-refractivity contribution in [2.45, 2.75) is 32.6 Å². The van der Waals surface area contributed by atoms with E-state index in [1.54, 1.807) is 0 Å². The smallest absolute Gasteiger partial charge is 0.228 e. The molecule has 4 heteroatoms. The maximum absolute atomic E-state index is 12.8. The van der Waals surface area contributed by atoms with Crippen LogP contribution >= 0.6 is 15.9 Å². The van der Waals surface area contributed by atoms with Gasteiger partial charge in [-0.25, -0.2) is 0 Å². The zero-order valence-electron chi connectivity index (χ0n) is 18.0. The average Bonchev–Trinajstić information content (AvgIpc) is 2.76. The lowest BCUT2D eigenvalue weighted by molar-refractivity contribution is -0.115. The number of hydrogen-bond donors (Lipinski definition) is 1. The Balaban J connectivity index is 1.96. The van der Waals surface area contributed by atoms with Crippen LogP contribution in [0.1, 0.15) is 41.5 Å². The fourth-order valence-corrected chi connectivity index (χ4v) is 3.97. The summed E-state index contributed by atoms with van der Waals surface area (Å²) in [6, 6.07) is 22.1. The largest absolute Gasteiger partial charge is 0.491 e. The van der Waals surface area contributed by atoms with E-state index in [2.05, 4.69) is 46.9 Å². The van der Waals surface area contributed by atoms with E-state index in [0.717, 1.165) is 27.6 Å². The van der Waals surface area contributed by atoms with Gasteiger partial charge in [0.05, 0.1) is 18.7 Å². The molecule has 1 atom stereocenters. The summed E-state index contributed by atoms with van der Waals surface area (Å²) >= 11 is 3.61. The van der Waals surface area contributed by atoms with E-state index in [1.807, 2.05) is 67.6 Å². The molecule has 160 valence electrons. The first-order valence-corrected chi connectivity index (χ1v) is 11.3. The van der Waals surface area contributed by atoms with E-state index in [0.29, 0.717) is 24.5 Å². The van der Waals surface area contributed by atoms with Gasteiger partial charge < -0.3 is 10.1 Å². The summed E-state index contributed by atoms with van der Waals surface area (Å²) in [5.74, 6) is 0.554. The highest BCUT2D eigenvalue weighted by Crippen LogP contribution is 2.40. The standard InChI is InChI=1S/C27H28BrNO2/c1-4-15-31-27-24(23(5-2)21-9-7-6-8-10-21)17-22(28)18-25(27)29-26(30)16-20-13-11-19(3)12-14-20/h5-14,17-18,23H,2,4,15-16H2,1,3H3,(H,29,30). The molecule has 3 nitrogen and oxygen atoms in total. The summed E-state index contributed by atoms with van der Waals surface area (Å²) < 4.78 is 7.04. The molecule has 31 heavy (non-hydrogen) atoms. The highest BCUT2D eigenvalue weighted by atomic mass is 79.9. The highest BCUT2D eigenvalue weighted by molar-refractivity contribution is 9.10. The van der Waals surface area contributed by atoms with Crippen molar-refractivity contribution in [1.29, 1.82) is 0 Å². The number of rotatable bonds is 9. The van der Waals surface area contributed by atoms with Crippen LogP contribution in [0, 0.1) is 6.92 Å². The van der Waals surface area contributed by atoms with Crippen LogP contribution in [0.15, 0.2) is 83.9 Å². The van der Waals surface area contributed by atoms with Crippen molar-refractivity contribution in [2.75, 3.05) is 11.9 Å². The molecule has 0 aromatic heterocycles. The minimum atomic E-state index is -0.0795. The second kappa shape index (κ2) is 11.0. The molecular formula is C27H28BrNO2. The van der Waals surface area contributed by atoms with Gasteiger partial charge in [0, 0.05) is 16.0 Å². The molecular weight excluding hydrogens is 450 g/mol. The van der Waals surface area contributed by atoms with E-state index < -0.39 is 0 Å². The van der Waals surface area contributed by atoms with Gasteiger partial charge in [0.2, 0.25) is 5.91 Å². The third-order valence-electron chi connectivity index (χ3n) is 5.02. The number of benzene rings is 3. The summed E-state index contributed by atoms with van der Waals surface area (Å²) in [4.78, 5) is 12.8. The summed E-state index contributed by atoms with van der Waals surface area (Å²) in [5, 5.41) is 3.07. The maximum atomic E-state index is 12.8.